The van der Waals surface area contributed by atoms with Gasteiger partial charge in [0.2, 0.25) is 0 Å². The minimum absolute atomic E-state index is 0.479. The minimum atomic E-state index is -0.746. The zero-order valence-corrected chi connectivity index (χ0v) is 11.6. The van der Waals surface area contributed by atoms with Crippen LogP contribution in [0.25, 0.3) is 0 Å². The van der Waals surface area contributed by atoms with Crippen LogP contribution in [0, 0.1) is 0 Å². The highest BCUT2D eigenvalue weighted by Crippen LogP contribution is 2.30. The molecular formula is C14H23NO3. The summed E-state index contributed by atoms with van der Waals surface area (Å²) in [5.41, 5.74) is 0.161. The summed E-state index contributed by atoms with van der Waals surface area (Å²) in [4.78, 5) is 0. The van der Waals surface area contributed by atoms with Gasteiger partial charge in [0.05, 0.1) is 18.8 Å². The fourth-order valence-electron chi connectivity index (χ4n) is 1.48. The van der Waals surface area contributed by atoms with Gasteiger partial charge in [0, 0.05) is 18.3 Å². The van der Waals surface area contributed by atoms with E-state index in [4.69, 9.17) is 9.47 Å². The van der Waals surface area contributed by atoms with Gasteiger partial charge in [-0.3, -0.25) is 0 Å². The molecule has 0 aromatic heterocycles. The lowest BCUT2D eigenvalue weighted by atomic mass is 10.1. The SMILES string of the molecule is CCOc1ccc(NCC(C)(C)O)cc1OCC. The van der Waals surface area contributed by atoms with Crippen LogP contribution in [-0.2, 0) is 0 Å². The van der Waals surface area contributed by atoms with Gasteiger partial charge in [0.25, 0.3) is 0 Å². The van der Waals surface area contributed by atoms with Crippen molar-refractivity contribution < 1.29 is 14.6 Å². The molecule has 0 aliphatic carbocycles. The first-order chi connectivity index (χ1) is 8.46. The number of nitrogens with one attached hydrogen (secondary N) is 1. The van der Waals surface area contributed by atoms with E-state index < -0.39 is 5.60 Å². The molecule has 0 fully saturated rings. The van der Waals surface area contributed by atoms with Crippen LogP contribution in [0.4, 0.5) is 5.69 Å². The van der Waals surface area contributed by atoms with Gasteiger partial charge in [-0.15, -0.1) is 0 Å². The van der Waals surface area contributed by atoms with Crippen molar-refractivity contribution in [1.29, 1.82) is 0 Å². The van der Waals surface area contributed by atoms with E-state index in [0.29, 0.717) is 19.8 Å². The molecule has 0 bridgehead atoms. The average Bonchev–Trinajstić information content (AvgIpc) is 2.29. The van der Waals surface area contributed by atoms with Gasteiger partial charge < -0.3 is 19.9 Å². The fraction of sp³-hybridized carbons (Fsp3) is 0.571. The molecule has 4 heteroatoms. The molecule has 4 nitrogen and oxygen atoms in total. The summed E-state index contributed by atoms with van der Waals surface area (Å²) >= 11 is 0. The molecule has 0 unspecified atom stereocenters. The van der Waals surface area contributed by atoms with Gasteiger partial charge in [-0.2, -0.15) is 0 Å². The second-order valence-electron chi connectivity index (χ2n) is 4.69. The predicted octanol–water partition coefficient (Wildman–Crippen LogP) is 2.67. The molecule has 18 heavy (non-hydrogen) atoms. The Hall–Kier alpha value is -1.42. The lowest BCUT2D eigenvalue weighted by Crippen LogP contribution is -2.29. The summed E-state index contributed by atoms with van der Waals surface area (Å²) in [5.74, 6) is 1.47. The monoisotopic (exact) mass is 253 g/mol. The van der Waals surface area contributed by atoms with Crippen LogP contribution in [0.3, 0.4) is 0 Å². The summed E-state index contributed by atoms with van der Waals surface area (Å²) in [7, 11) is 0. The third kappa shape index (κ3) is 4.84. The van der Waals surface area contributed by atoms with Crippen LogP contribution >= 0.6 is 0 Å². The van der Waals surface area contributed by atoms with E-state index in [1.54, 1.807) is 13.8 Å². The first-order valence-electron chi connectivity index (χ1n) is 6.32. The van der Waals surface area contributed by atoms with E-state index >= 15 is 0 Å². The van der Waals surface area contributed by atoms with Crippen molar-refractivity contribution in [2.75, 3.05) is 25.1 Å². The molecule has 1 rings (SSSR count). The number of hydrogen-bond acceptors (Lipinski definition) is 4. The van der Waals surface area contributed by atoms with Gasteiger partial charge in [-0.25, -0.2) is 0 Å². The van der Waals surface area contributed by atoms with Gasteiger partial charge in [-0.1, -0.05) is 0 Å². The van der Waals surface area contributed by atoms with Crippen LogP contribution < -0.4 is 14.8 Å². The van der Waals surface area contributed by atoms with Crippen molar-refractivity contribution in [3.05, 3.63) is 18.2 Å². The van der Waals surface area contributed by atoms with E-state index in [1.165, 1.54) is 0 Å². The van der Waals surface area contributed by atoms with Crippen molar-refractivity contribution in [1.82, 2.24) is 0 Å². The lowest BCUT2D eigenvalue weighted by molar-refractivity contribution is 0.0945. The molecule has 0 saturated heterocycles. The maximum absolute atomic E-state index is 9.67. The molecule has 0 heterocycles. The van der Waals surface area contributed by atoms with Crippen molar-refractivity contribution in [3.8, 4) is 11.5 Å². The molecule has 1 aromatic rings. The Bertz CT molecular complexity index is 372. The smallest absolute Gasteiger partial charge is 0.163 e. The van der Waals surface area contributed by atoms with Crippen LogP contribution in [0.15, 0.2) is 18.2 Å². The van der Waals surface area contributed by atoms with E-state index in [-0.39, 0.29) is 0 Å². The summed E-state index contributed by atoms with van der Waals surface area (Å²) in [5, 5.41) is 12.8. The highest BCUT2D eigenvalue weighted by molar-refractivity contribution is 5.54. The Morgan fingerprint density at radius 3 is 2.28 bits per heavy atom. The van der Waals surface area contributed by atoms with Crippen molar-refractivity contribution in [2.24, 2.45) is 0 Å². The highest BCUT2D eigenvalue weighted by atomic mass is 16.5. The molecule has 2 N–H and O–H groups in total. The maximum Gasteiger partial charge on any atom is 0.163 e. The van der Waals surface area contributed by atoms with Crippen LogP contribution in [0.2, 0.25) is 0 Å². The van der Waals surface area contributed by atoms with Crippen molar-refractivity contribution in [3.63, 3.8) is 0 Å². The zero-order valence-electron chi connectivity index (χ0n) is 11.6. The van der Waals surface area contributed by atoms with Crippen LogP contribution in [0.5, 0.6) is 11.5 Å². The molecule has 0 spiro atoms. The Labute approximate surface area is 109 Å². The van der Waals surface area contributed by atoms with E-state index in [1.807, 2.05) is 32.0 Å². The Morgan fingerprint density at radius 1 is 1.11 bits per heavy atom. The Balaban J connectivity index is 2.79. The van der Waals surface area contributed by atoms with Gasteiger partial charge >= 0.3 is 0 Å². The predicted molar refractivity (Wildman–Crippen MR) is 73.6 cm³/mol. The second kappa shape index (κ2) is 6.50. The number of benzene rings is 1. The molecule has 0 saturated carbocycles. The fourth-order valence-corrected chi connectivity index (χ4v) is 1.48. The third-order valence-corrected chi connectivity index (χ3v) is 2.27. The Kier molecular flexibility index (Phi) is 5.28. The number of aliphatic hydroxyl groups is 1. The van der Waals surface area contributed by atoms with Gasteiger partial charge in [-0.05, 0) is 39.8 Å². The van der Waals surface area contributed by atoms with E-state index in [2.05, 4.69) is 5.32 Å². The van der Waals surface area contributed by atoms with Crippen molar-refractivity contribution in [2.45, 2.75) is 33.3 Å². The van der Waals surface area contributed by atoms with Crippen LogP contribution in [0.1, 0.15) is 27.7 Å². The Morgan fingerprint density at radius 2 is 1.72 bits per heavy atom. The lowest BCUT2D eigenvalue weighted by Gasteiger charge is -2.19. The second-order valence-corrected chi connectivity index (χ2v) is 4.69. The molecule has 0 aliphatic heterocycles. The normalized spacial score (nSPS) is 11.2. The number of hydrogen-bond donors (Lipinski definition) is 2. The van der Waals surface area contributed by atoms with E-state index in [9.17, 15) is 5.11 Å². The van der Waals surface area contributed by atoms with E-state index in [0.717, 1.165) is 17.2 Å². The maximum atomic E-state index is 9.67. The molecule has 1 aromatic carbocycles. The van der Waals surface area contributed by atoms with Gasteiger partial charge in [0.15, 0.2) is 11.5 Å². The summed E-state index contributed by atoms with van der Waals surface area (Å²) in [6.07, 6.45) is 0. The summed E-state index contributed by atoms with van der Waals surface area (Å²) in [6, 6.07) is 5.68. The standard InChI is InChI=1S/C14H23NO3/c1-5-17-12-8-7-11(9-13(12)18-6-2)15-10-14(3,4)16/h7-9,15-16H,5-6,10H2,1-4H3. The quantitative estimate of drug-likeness (QED) is 0.784. The highest BCUT2D eigenvalue weighted by Gasteiger charge is 2.12. The molecule has 102 valence electrons. The number of rotatable bonds is 7. The molecule has 0 atom stereocenters. The first kappa shape index (κ1) is 14.6. The van der Waals surface area contributed by atoms with Crippen molar-refractivity contribution >= 4 is 5.69 Å². The first-order valence-corrected chi connectivity index (χ1v) is 6.32. The topological polar surface area (TPSA) is 50.7 Å². The molecule has 0 aliphatic rings. The zero-order chi connectivity index (χ0) is 13.6. The summed E-state index contributed by atoms with van der Waals surface area (Å²) in [6.45, 7) is 9.08. The average molecular weight is 253 g/mol. The van der Waals surface area contributed by atoms with Crippen LogP contribution in [-0.4, -0.2) is 30.5 Å². The minimum Gasteiger partial charge on any atom is -0.490 e. The van der Waals surface area contributed by atoms with Gasteiger partial charge in [0.1, 0.15) is 0 Å². The molecule has 0 radical (unpaired) electrons. The summed E-state index contributed by atoms with van der Waals surface area (Å²) < 4.78 is 11.0. The molecule has 0 amide bonds. The number of anilines is 1. The number of ether oxygens (including phenoxy) is 2. The largest absolute Gasteiger partial charge is 0.490 e. The molecular weight excluding hydrogens is 230 g/mol. The third-order valence-electron chi connectivity index (χ3n) is 2.27.